The van der Waals surface area contributed by atoms with Crippen LogP contribution in [-0.4, -0.2) is 49.0 Å². The molecule has 0 aliphatic carbocycles. The molecule has 1 rings (SSSR count). The molecule has 0 saturated heterocycles. The zero-order valence-electron chi connectivity index (χ0n) is 10.9. The van der Waals surface area contributed by atoms with Gasteiger partial charge in [0, 0.05) is 26.7 Å². The highest BCUT2D eigenvalue weighted by Crippen LogP contribution is 2.21. The minimum Gasteiger partial charge on any atom is -0.481 e. The van der Waals surface area contributed by atoms with Gasteiger partial charge in [-0.05, 0) is 21.0 Å². The van der Waals surface area contributed by atoms with Gasteiger partial charge in [-0.15, -0.1) is 0 Å². The highest BCUT2D eigenvalue weighted by atomic mass is 16.5. The minimum absolute atomic E-state index is 0.855. The summed E-state index contributed by atoms with van der Waals surface area (Å²) < 4.78 is 7.15. The van der Waals surface area contributed by atoms with E-state index in [0.29, 0.717) is 0 Å². The number of hydrogen-bond acceptors (Lipinski definition) is 4. The molecule has 0 bridgehead atoms. The number of nitrogens with zero attached hydrogens (tertiary/aromatic N) is 3. The van der Waals surface area contributed by atoms with E-state index in [1.54, 1.807) is 11.8 Å². The van der Waals surface area contributed by atoms with Gasteiger partial charge in [-0.1, -0.05) is 0 Å². The summed E-state index contributed by atoms with van der Waals surface area (Å²) >= 11 is 0. The Morgan fingerprint density at radius 2 is 2.19 bits per heavy atom. The molecule has 0 aliphatic rings. The predicted molar refractivity (Wildman–Crippen MR) is 64.8 cm³/mol. The molecule has 0 radical (unpaired) electrons. The topological polar surface area (TPSA) is 42.3 Å². The molecular formula is C11H22N4O. The zero-order valence-corrected chi connectivity index (χ0v) is 10.9. The number of likely N-dealkylation sites (N-methyl/N-ethyl adjacent to an activating group) is 2. The normalized spacial score (nSPS) is 11.1. The monoisotopic (exact) mass is 226 g/mol. The van der Waals surface area contributed by atoms with Gasteiger partial charge in [0.1, 0.15) is 0 Å². The van der Waals surface area contributed by atoms with Crippen LogP contribution in [-0.2, 0) is 13.6 Å². The second-order valence-corrected chi connectivity index (χ2v) is 4.04. The molecule has 0 spiro atoms. The van der Waals surface area contributed by atoms with Crippen molar-refractivity contribution in [2.24, 2.45) is 7.05 Å². The lowest BCUT2D eigenvalue weighted by Crippen LogP contribution is -2.27. The fourth-order valence-corrected chi connectivity index (χ4v) is 1.77. The summed E-state index contributed by atoms with van der Waals surface area (Å²) in [5, 5.41) is 7.50. The Morgan fingerprint density at radius 1 is 1.50 bits per heavy atom. The number of nitrogens with one attached hydrogen (secondary N) is 1. The Kier molecular flexibility index (Phi) is 4.76. The van der Waals surface area contributed by atoms with Gasteiger partial charge in [-0.2, -0.15) is 5.10 Å². The highest BCUT2D eigenvalue weighted by Gasteiger charge is 2.14. The fourth-order valence-electron chi connectivity index (χ4n) is 1.77. The van der Waals surface area contributed by atoms with E-state index in [0.717, 1.165) is 31.2 Å². The van der Waals surface area contributed by atoms with Crippen molar-refractivity contribution in [3.05, 3.63) is 11.3 Å². The van der Waals surface area contributed by atoms with Crippen LogP contribution in [0.25, 0.3) is 0 Å². The third kappa shape index (κ3) is 2.96. The maximum Gasteiger partial charge on any atom is 0.216 e. The molecule has 16 heavy (non-hydrogen) atoms. The molecule has 5 nitrogen and oxygen atoms in total. The summed E-state index contributed by atoms with van der Waals surface area (Å²) in [5.41, 5.74) is 2.21. The van der Waals surface area contributed by atoms with Crippen LogP contribution in [0.4, 0.5) is 0 Å². The van der Waals surface area contributed by atoms with Crippen molar-refractivity contribution < 1.29 is 4.74 Å². The molecule has 1 N–H and O–H groups in total. The maximum atomic E-state index is 5.36. The van der Waals surface area contributed by atoms with Gasteiger partial charge in [-0.3, -0.25) is 0 Å². The lowest BCUT2D eigenvalue weighted by molar-refractivity contribution is 0.313. The molecule has 0 unspecified atom stereocenters. The van der Waals surface area contributed by atoms with Crippen LogP contribution in [0.15, 0.2) is 0 Å². The Bertz CT molecular complexity index is 335. The fraction of sp³-hybridized carbons (Fsp3) is 0.727. The van der Waals surface area contributed by atoms with Gasteiger partial charge in [-0.25, -0.2) is 4.68 Å². The molecule has 5 heteroatoms. The second-order valence-electron chi connectivity index (χ2n) is 4.04. The largest absolute Gasteiger partial charge is 0.481 e. The first-order valence-corrected chi connectivity index (χ1v) is 5.49. The van der Waals surface area contributed by atoms with Crippen LogP contribution < -0.4 is 10.1 Å². The summed E-state index contributed by atoms with van der Waals surface area (Å²) in [6, 6.07) is 0. The Labute approximate surface area is 97.4 Å². The molecule has 1 aromatic heterocycles. The first-order valence-electron chi connectivity index (χ1n) is 5.49. The van der Waals surface area contributed by atoms with Crippen LogP contribution in [0.3, 0.4) is 0 Å². The zero-order chi connectivity index (χ0) is 12.1. The average Bonchev–Trinajstić information content (AvgIpc) is 2.50. The van der Waals surface area contributed by atoms with E-state index in [9.17, 15) is 0 Å². The molecule has 92 valence electrons. The molecule has 0 saturated carbocycles. The van der Waals surface area contributed by atoms with E-state index in [1.807, 2.05) is 21.0 Å². The van der Waals surface area contributed by atoms with Crippen LogP contribution in [0, 0.1) is 6.92 Å². The lowest BCUT2D eigenvalue weighted by atomic mass is 10.2. The molecule has 1 heterocycles. The van der Waals surface area contributed by atoms with Gasteiger partial charge in [0.05, 0.1) is 18.4 Å². The first-order chi connectivity index (χ1) is 7.60. The first kappa shape index (κ1) is 13.0. The van der Waals surface area contributed by atoms with Crippen LogP contribution >= 0.6 is 0 Å². The van der Waals surface area contributed by atoms with Crippen molar-refractivity contribution in [2.45, 2.75) is 13.5 Å². The molecule has 0 amide bonds. The van der Waals surface area contributed by atoms with Gasteiger partial charge in [0.15, 0.2) is 0 Å². The predicted octanol–water partition coefficient (Wildman–Crippen LogP) is 0.388. The van der Waals surface area contributed by atoms with Crippen molar-refractivity contribution in [1.82, 2.24) is 20.0 Å². The molecule has 0 atom stereocenters. The SMILES string of the molecule is CNCCN(C)Cc1c(C)nn(C)c1OC. The molecule has 0 aromatic carbocycles. The van der Waals surface area contributed by atoms with Gasteiger partial charge >= 0.3 is 0 Å². The van der Waals surface area contributed by atoms with Crippen molar-refractivity contribution in [2.75, 3.05) is 34.3 Å². The van der Waals surface area contributed by atoms with E-state index in [1.165, 1.54) is 5.56 Å². The van der Waals surface area contributed by atoms with Crippen molar-refractivity contribution in [1.29, 1.82) is 0 Å². The smallest absolute Gasteiger partial charge is 0.216 e. The number of methoxy groups -OCH3 is 1. The van der Waals surface area contributed by atoms with Crippen LogP contribution in [0.5, 0.6) is 5.88 Å². The third-order valence-corrected chi connectivity index (χ3v) is 2.65. The van der Waals surface area contributed by atoms with E-state index in [-0.39, 0.29) is 0 Å². The Balaban J connectivity index is 2.72. The van der Waals surface area contributed by atoms with E-state index in [2.05, 4.69) is 22.4 Å². The maximum absolute atomic E-state index is 5.36. The molecule has 0 fully saturated rings. The summed E-state index contributed by atoms with van der Waals surface area (Å²) in [6.07, 6.45) is 0. The Morgan fingerprint density at radius 3 is 2.75 bits per heavy atom. The summed E-state index contributed by atoms with van der Waals surface area (Å²) in [4.78, 5) is 2.25. The number of aromatic nitrogens is 2. The Hall–Kier alpha value is -1.07. The lowest BCUT2D eigenvalue weighted by Gasteiger charge is -2.16. The molecular weight excluding hydrogens is 204 g/mol. The number of ether oxygens (including phenoxy) is 1. The number of hydrogen-bond donors (Lipinski definition) is 1. The van der Waals surface area contributed by atoms with E-state index in [4.69, 9.17) is 4.74 Å². The highest BCUT2D eigenvalue weighted by molar-refractivity contribution is 5.30. The van der Waals surface area contributed by atoms with Crippen molar-refractivity contribution in [3.63, 3.8) is 0 Å². The van der Waals surface area contributed by atoms with Crippen molar-refractivity contribution >= 4 is 0 Å². The average molecular weight is 226 g/mol. The van der Waals surface area contributed by atoms with Gasteiger partial charge < -0.3 is 15.0 Å². The van der Waals surface area contributed by atoms with Crippen molar-refractivity contribution in [3.8, 4) is 5.88 Å². The third-order valence-electron chi connectivity index (χ3n) is 2.65. The van der Waals surface area contributed by atoms with Gasteiger partial charge in [0.25, 0.3) is 0 Å². The van der Waals surface area contributed by atoms with Crippen LogP contribution in [0.2, 0.25) is 0 Å². The second kappa shape index (κ2) is 5.86. The standard InChI is InChI=1S/C11H22N4O/c1-9-10(8-14(3)7-6-12-2)11(16-5)15(4)13-9/h12H,6-8H2,1-5H3. The molecule has 0 aliphatic heterocycles. The summed E-state index contributed by atoms with van der Waals surface area (Å²) in [6.45, 7) is 4.88. The minimum atomic E-state index is 0.855. The van der Waals surface area contributed by atoms with Gasteiger partial charge in [0.2, 0.25) is 5.88 Å². The summed E-state index contributed by atoms with van der Waals surface area (Å²) in [7, 11) is 7.66. The van der Waals surface area contributed by atoms with E-state index < -0.39 is 0 Å². The number of aryl methyl sites for hydroxylation is 2. The number of rotatable bonds is 6. The van der Waals surface area contributed by atoms with E-state index >= 15 is 0 Å². The summed E-state index contributed by atoms with van der Waals surface area (Å²) in [5.74, 6) is 0.855. The van der Waals surface area contributed by atoms with Crippen LogP contribution in [0.1, 0.15) is 11.3 Å². The quantitative estimate of drug-likeness (QED) is 0.762. The molecule has 1 aromatic rings.